The second-order valence-corrected chi connectivity index (χ2v) is 9.92. The van der Waals surface area contributed by atoms with Crippen LogP contribution < -0.4 is 10.6 Å². The summed E-state index contributed by atoms with van der Waals surface area (Å²) in [6.45, 7) is 3.38. The molecule has 1 aliphatic heterocycles. The van der Waals surface area contributed by atoms with Crippen LogP contribution in [0.2, 0.25) is 0 Å². The highest BCUT2D eigenvalue weighted by molar-refractivity contribution is 9.11. The van der Waals surface area contributed by atoms with Crippen LogP contribution in [0.5, 0.6) is 0 Å². The van der Waals surface area contributed by atoms with Gasteiger partial charge in [0.05, 0.1) is 15.2 Å². The molecular formula is C19H22BrN3O2S2. The molecule has 0 bridgehead atoms. The molecular weight excluding hydrogens is 446 g/mol. The summed E-state index contributed by atoms with van der Waals surface area (Å²) in [6, 6.07) is 11.5. The molecule has 1 aromatic carbocycles. The van der Waals surface area contributed by atoms with Gasteiger partial charge >= 0.3 is 0 Å². The lowest BCUT2D eigenvalue weighted by Crippen LogP contribution is -2.34. The van der Waals surface area contributed by atoms with E-state index in [1.54, 1.807) is 6.07 Å². The Labute approximate surface area is 176 Å². The van der Waals surface area contributed by atoms with Gasteiger partial charge in [0.2, 0.25) is 5.91 Å². The van der Waals surface area contributed by atoms with Crippen LogP contribution in [0.1, 0.15) is 15.2 Å². The summed E-state index contributed by atoms with van der Waals surface area (Å²) in [5.74, 6) is 1.97. The fraction of sp³-hybridized carbons (Fsp3) is 0.368. The van der Waals surface area contributed by atoms with E-state index in [0.29, 0.717) is 4.88 Å². The minimum Gasteiger partial charge on any atom is -0.342 e. The van der Waals surface area contributed by atoms with Crippen LogP contribution in [0.15, 0.2) is 40.2 Å². The van der Waals surface area contributed by atoms with Crippen molar-refractivity contribution in [2.45, 2.75) is 6.42 Å². The van der Waals surface area contributed by atoms with Crippen molar-refractivity contribution in [3.05, 3.63) is 50.6 Å². The molecule has 5 nitrogen and oxygen atoms in total. The molecule has 1 aromatic heterocycles. The summed E-state index contributed by atoms with van der Waals surface area (Å²) in [5.41, 5.74) is 2.01. The number of thioether (sulfide) groups is 1. The van der Waals surface area contributed by atoms with Crippen LogP contribution in [-0.2, 0) is 11.2 Å². The van der Waals surface area contributed by atoms with Crippen LogP contribution in [-0.4, -0.2) is 54.4 Å². The summed E-state index contributed by atoms with van der Waals surface area (Å²) in [4.78, 5) is 27.1. The zero-order valence-electron chi connectivity index (χ0n) is 14.9. The third-order valence-corrected chi connectivity index (χ3v) is 6.83. The van der Waals surface area contributed by atoms with Crippen LogP contribution in [0.25, 0.3) is 0 Å². The van der Waals surface area contributed by atoms with Crippen molar-refractivity contribution in [3.8, 4) is 0 Å². The summed E-state index contributed by atoms with van der Waals surface area (Å²) in [5, 5.41) is 5.45. The van der Waals surface area contributed by atoms with Crippen molar-refractivity contribution in [3.63, 3.8) is 0 Å². The molecule has 0 aliphatic carbocycles. The first-order valence-corrected chi connectivity index (χ1v) is 11.6. The van der Waals surface area contributed by atoms with Crippen molar-refractivity contribution >= 4 is 56.5 Å². The van der Waals surface area contributed by atoms with E-state index in [9.17, 15) is 9.59 Å². The van der Waals surface area contributed by atoms with E-state index >= 15 is 0 Å². The lowest BCUT2D eigenvalue weighted by molar-refractivity contribution is -0.115. The van der Waals surface area contributed by atoms with E-state index in [1.165, 1.54) is 41.5 Å². The third kappa shape index (κ3) is 6.64. The lowest BCUT2D eigenvalue weighted by atomic mass is 10.1. The molecule has 0 saturated carbocycles. The van der Waals surface area contributed by atoms with Crippen LogP contribution in [0.3, 0.4) is 0 Å². The molecule has 3 rings (SSSR count). The van der Waals surface area contributed by atoms with Crippen LogP contribution >= 0.6 is 39.0 Å². The third-order valence-electron chi connectivity index (χ3n) is 4.26. The highest BCUT2D eigenvalue weighted by atomic mass is 79.9. The number of amides is 2. The van der Waals surface area contributed by atoms with E-state index in [-0.39, 0.29) is 18.4 Å². The van der Waals surface area contributed by atoms with Gasteiger partial charge in [0, 0.05) is 36.8 Å². The summed E-state index contributed by atoms with van der Waals surface area (Å²) < 4.78 is 0.886. The average molecular weight is 468 g/mol. The number of rotatable bonds is 7. The normalized spacial score (nSPS) is 14.7. The summed E-state index contributed by atoms with van der Waals surface area (Å²) in [7, 11) is 0. The van der Waals surface area contributed by atoms with Gasteiger partial charge in [-0.05, 0) is 52.2 Å². The summed E-state index contributed by atoms with van der Waals surface area (Å²) >= 11 is 6.68. The van der Waals surface area contributed by atoms with E-state index in [1.807, 2.05) is 30.0 Å². The maximum absolute atomic E-state index is 12.0. The van der Waals surface area contributed by atoms with E-state index in [4.69, 9.17) is 0 Å². The molecule has 2 amide bonds. The smallest absolute Gasteiger partial charge is 0.261 e. The molecule has 0 radical (unpaired) electrons. The first kappa shape index (κ1) is 20.4. The highest BCUT2D eigenvalue weighted by Gasteiger charge is 2.11. The monoisotopic (exact) mass is 467 g/mol. The fourth-order valence-corrected chi connectivity index (χ4v) is 5.04. The second-order valence-electron chi connectivity index (χ2n) is 6.24. The fourth-order valence-electron chi connectivity index (χ4n) is 2.76. The van der Waals surface area contributed by atoms with Gasteiger partial charge in [-0.15, -0.1) is 11.3 Å². The number of hydrogen-bond acceptors (Lipinski definition) is 5. The molecule has 2 N–H and O–H groups in total. The van der Waals surface area contributed by atoms with Gasteiger partial charge in [-0.2, -0.15) is 11.8 Å². The van der Waals surface area contributed by atoms with Crippen molar-refractivity contribution in [1.29, 1.82) is 0 Å². The van der Waals surface area contributed by atoms with Gasteiger partial charge in [-0.1, -0.05) is 12.1 Å². The zero-order chi connectivity index (χ0) is 19.1. The van der Waals surface area contributed by atoms with Gasteiger partial charge in [0.1, 0.15) is 0 Å². The van der Waals surface area contributed by atoms with Crippen molar-refractivity contribution in [1.82, 2.24) is 10.2 Å². The van der Waals surface area contributed by atoms with Crippen molar-refractivity contribution < 1.29 is 9.59 Å². The number of halogens is 1. The Balaban J connectivity index is 1.40. The molecule has 144 valence electrons. The molecule has 2 heterocycles. The minimum atomic E-state index is -0.243. The number of thiophene rings is 1. The molecule has 0 atom stereocenters. The van der Waals surface area contributed by atoms with E-state index < -0.39 is 0 Å². The molecule has 0 unspecified atom stereocenters. The predicted octanol–water partition coefficient (Wildman–Crippen LogP) is 3.47. The lowest BCUT2D eigenvalue weighted by Gasteiger charge is -2.26. The second kappa shape index (κ2) is 10.3. The standard InChI is InChI=1S/C19H22BrN3O2S2/c20-17-6-5-16(27-17)19(25)21-13-18(24)22-15-3-1-14(2-4-15)7-8-23-9-11-26-12-10-23/h1-6H,7-13H2,(H,21,25)(H,22,24). The Morgan fingerprint density at radius 3 is 2.48 bits per heavy atom. The first-order valence-electron chi connectivity index (χ1n) is 8.82. The molecule has 1 saturated heterocycles. The molecule has 2 aromatic rings. The number of carbonyl (C=O) groups is 2. The molecule has 1 fully saturated rings. The Hall–Kier alpha value is -1.35. The topological polar surface area (TPSA) is 61.4 Å². The average Bonchev–Trinajstić information content (AvgIpc) is 3.13. The highest BCUT2D eigenvalue weighted by Crippen LogP contribution is 2.21. The number of anilines is 1. The number of hydrogen-bond donors (Lipinski definition) is 2. The Morgan fingerprint density at radius 1 is 1.07 bits per heavy atom. The van der Waals surface area contributed by atoms with Crippen molar-refractivity contribution in [2.24, 2.45) is 0 Å². The zero-order valence-corrected chi connectivity index (χ0v) is 18.1. The quantitative estimate of drug-likeness (QED) is 0.654. The first-order chi connectivity index (χ1) is 13.1. The molecule has 0 spiro atoms. The molecule has 8 heteroatoms. The maximum Gasteiger partial charge on any atom is 0.261 e. The van der Waals surface area contributed by atoms with Gasteiger partial charge in [0.25, 0.3) is 5.91 Å². The molecule has 1 aliphatic rings. The van der Waals surface area contributed by atoms with Gasteiger partial charge in [-0.3, -0.25) is 9.59 Å². The van der Waals surface area contributed by atoms with E-state index in [0.717, 1.165) is 22.4 Å². The Morgan fingerprint density at radius 2 is 1.81 bits per heavy atom. The number of benzene rings is 1. The van der Waals surface area contributed by atoms with Gasteiger partial charge < -0.3 is 15.5 Å². The van der Waals surface area contributed by atoms with Crippen LogP contribution in [0.4, 0.5) is 5.69 Å². The Bertz CT molecular complexity index is 774. The van der Waals surface area contributed by atoms with Gasteiger partial charge in [-0.25, -0.2) is 0 Å². The minimum absolute atomic E-state index is 0.0525. The SMILES string of the molecule is O=C(CNC(=O)c1ccc(Br)s1)Nc1ccc(CCN2CCSCC2)cc1. The van der Waals surface area contributed by atoms with E-state index in [2.05, 4.69) is 43.6 Å². The summed E-state index contributed by atoms with van der Waals surface area (Å²) in [6.07, 6.45) is 1.02. The predicted molar refractivity (Wildman–Crippen MR) is 117 cm³/mol. The number of nitrogens with zero attached hydrogens (tertiary/aromatic N) is 1. The maximum atomic E-state index is 12.0. The van der Waals surface area contributed by atoms with Crippen LogP contribution in [0, 0.1) is 0 Å². The van der Waals surface area contributed by atoms with Crippen molar-refractivity contribution in [2.75, 3.05) is 43.0 Å². The number of nitrogens with one attached hydrogen (secondary N) is 2. The number of carbonyl (C=O) groups excluding carboxylic acids is 2. The Kier molecular flexibility index (Phi) is 7.75. The van der Waals surface area contributed by atoms with Gasteiger partial charge in [0.15, 0.2) is 0 Å². The molecule has 27 heavy (non-hydrogen) atoms. The largest absolute Gasteiger partial charge is 0.342 e.